The number of hydrogen-bond acceptors (Lipinski definition) is 2. The van der Waals surface area contributed by atoms with Crippen LogP contribution < -0.4 is 5.32 Å². The zero-order valence-corrected chi connectivity index (χ0v) is 9.21. The van der Waals surface area contributed by atoms with E-state index in [1.807, 2.05) is 13.8 Å². The molecule has 14 heavy (non-hydrogen) atoms. The van der Waals surface area contributed by atoms with Gasteiger partial charge in [-0.15, -0.1) is 0 Å². The topological polar surface area (TPSA) is 21.3 Å². The highest BCUT2D eigenvalue weighted by Crippen LogP contribution is 2.07. The molecule has 0 aliphatic carbocycles. The molecule has 0 saturated carbocycles. The summed E-state index contributed by atoms with van der Waals surface area (Å²) in [5.41, 5.74) is 2.44. The number of anilines is 1. The van der Waals surface area contributed by atoms with E-state index in [1.165, 1.54) is 5.56 Å². The fourth-order valence-electron chi connectivity index (χ4n) is 1.16. The van der Waals surface area contributed by atoms with Gasteiger partial charge in [0, 0.05) is 12.2 Å². The smallest absolute Gasteiger partial charge is 0.0642 e. The standard InChI is InChI=1S/C12H19NO/c1-10(2)14-9-8-13-12-6-4-11(3)5-7-12/h4-7,10,13H,8-9H2,1-3H3. The van der Waals surface area contributed by atoms with Crippen LogP contribution >= 0.6 is 0 Å². The van der Waals surface area contributed by atoms with Crippen molar-refractivity contribution in [3.8, 4) is 0 Å². The molecule has 0 fully saturated rings. The molecule has 0 spiro atoms. The molecular weight excluding hydrogens is 174 g/mol. The van der Waals surface area contributed by atoms with Crippen LogP contribution in [0.3, 0.4) is 0 Å². The zero-order valence-electron chi connectivity index (χ0n) is 9.21. The summed E-state index contributed by atoms with van der Waals surface area (Å²) >= 11 is 0. The highest BCUT2D eigenvalue weighted by Gasteiger charge is 1.93. The van der Waals surface area contributed by atoms with Crippen LogP contribution in [0.4, 0.5) is 5.69 Å². The molecule has 0 amide bonds. The summed E-state index contributed by atoms with van der Waals surface area (Å²) in [5, 5.41) is 3.30. The van der Waals surface area contributed by atoms with Gasteiger partial charge in [-0.1, -0.05) is 17.7 Å². The van der Waals surface area contributed by atoms with Crippen molar-refractivity contribution < 1.29 is 4.74 Å². The van der Waals surface area contributed by atoms with Crippen molar-refractivity contribution in [1.82, 2.24) is 0 Å². The molecule has 0 unspecified atom stereocenters. The maximum absolute atomic E-state index is 5.42. The van der Waals surface area contributed by atoms with E-state index in [2.05, 4.69) is 36.5 Å². The molecule has 0 saturated heterocycles. The maximum atomic E-state index is 5.42. The van der Waals surface area contributed by atoms with Crippen molar-refractivity contribution in [2.24, 2.45) is 0 Å². The predicted molar refractivity (Wildman–Crippen MR) is 60.8 cm³/mol. The number of rotatable bonds is 5. The van der Waals surface area contributed by atoms with E-state index < -0.39 is 0 Å². The second-order valence-electron chi connectivity index (χ2n) is 3.71. The lowest BCUT2D eigenvalue weighted by Crippen LogP contribution is -2.13. The second-order valence-corrected chi connectivity index (χ2v) is 3.71. The van der Waals surface area contributed by atoms with Crippen LogP contribution in [0.15, 0.2) is 24.3 Å². The minimum atomic E-state index is 0.315. The van der Waals surface area contributed by atoms with Crippen LogP contribution in [0.1, 0.15) is 19.4 Å². The Morgan fingerprint density at radius 2 is 1.86 bits per heavy atom. The lowest BCUT2D eigenvalue weighted by atomic mass is 10.2. The van der Waals surface area contributed by atoms with Gasteiger partial charge in [0.2, 0.25) is 0 Å². The first kappa shape index (κ1) is 11.1. The maximum Gasteiger partial charge on any atom is 0.0642 e. The Morgan fingerprint density at radius 1 is 1.21 bits per heavy atom. The van der Waals surface area contributed by atoms with E-state index in [-0.39, 0.29) is 0 Å². The van der Waals surface area contributed by atoms with Crippen molar-refractivity contribution in [2.45, 2.75) is 26.9 Å². The molecule has 2 nitrogen and oxygen atoms in total. The van der Waals surface area contributed by atoms with Crippen LogP contribution in [-0.4, -0.2) is 19.3 Å². The van der Waals surface area contributed by atoms with Gasteiger partial charge >= 0.3 is 0 Å². The summed E-state index contributed by atoms with van der Waals surface area (Å²) < 4.78 is 5.42. The molecular formula is C12H19NO. The van der Waals surface area contributed by atoms with Crippen molar-refractivity contribution in [2.75, 3.05) is 18.5 Å². The molecule has 1 aromatic rings. The Hall–Kier alpha value is -1.02. The highest BCUT2D eigenvalue weighted by atomic mass is 16.5. The molecule has 0 heterocycles. The van der Waals surface area contributed by atoms with E-state index in [1.54, 1.807) is 0 Å². The van der Waals surface area contributed by atoms with Crippen molar-refractivity contribution >= 4 is 5.69 Å². The summed E-state index contributed by atoms with van der Waals surface area (Å²) in [7, 11) is 0. The van der Waals surface area contributed by atoms with Gasteiger partial charge in [0.05, 0.1) is 12.7 Å². The summed E-state index contributed by atoms with van der Waals surface area (Å²) in [6.07, 6.45) is 0.315. The monoisotopic (exact) mass is 193 g/mol. The third-order valence-electron chi connectivity index (χ3n) is 1.93. The zero-order chi connectivity index (χ0) is 10.4. The van der Waals surface area contributed by atoms with E-state index >= 15 is 0 Å². The van der Waals surface area contributed by atoms with Gasteiger partial charge in [-0.25, -0.2) is 0 Å². The van der Waals surface area contributed by atoms with Crippen LogP contribution in [-0.2, 0) is 4.74 Å². The van der Waals surface area contributed by atoms with Gasteiger partial charge in [0.15, 0.2) is 0 Å². The first-order chi connectivity index (χ1) is 6.68. The average molecular weight is 193 g/mol. The molecule has 1 N–H and O–H groups in total. The Morgan fingerprint density at radius 3 is 2.43 bits per heavy atom. The summed E-state index contributed by atoms with van der Waals surface area (Å²) in [6.45, 7) is 7.80. The average Bonchev–Trinajstić information content (AvgIpc) is 2.15. The molecule has 78 valence electrons. The second kappa shape index (κ2) is 5.66. The molecule has 1 rings (SSSR count). The Kier molecular flexibility index (Phi) is 4.47. The summed E-state index contributed by atoms with van der Waals surface area (Å²) in [5.74, 6) is 0. The molecule has 0 aliphatic heterocycles. The molecule has 0 aliphatic rings. The lowest BCUT2D eigenvalue weighted by molar-refractivity contribution is 0.0870. The van der Waals surface area contributed by atoms with Gasteiger partial charge in [-0.05, 0) is 32.9 Å². The highest BCUT2D eigenvalue weighted by molar-refractivity contribution is 5.44. The van der Waals surface area contributed by atoms with E-state index in [4.69, 9.17) is 4.74 Å². The molecule has 0 atom stereocenters. The van der Waals surface area contributed by atoms with Crippen molar-refractivity contribution in [1.29, 1.82) is 0 Å². The first-order valence-corrected chi connectivity index (χ1v) is 5.10. The molecule has 0 radical (unpaired) electrons. The van der Waals surface area contributed by atoms with Crippen LogP contribution in [0.2, 0.25) is 0 Å². The van der Waals surface area contributed by atoms with Crippen molar-refractivity contribution in [3.63, 3.8) is 0 Å². The van der Waals surface area contributed by atoms with Crippen LogP contribution in [0, 0.1) is 6.92 Å². The normalized spacial score (nSPS) is 10.6. The van der Waals surface area contributed by atoms with Gasteiger partial charge in [-0.2, -0.15) is 0 Å². The van der Waals surface area contributed by atoms with Crippen LogP contribution in [0.5, 0.6) is 0 Å². The first-order valence-electron chi connectivity index (χ1n) is 5.10. The number of hydrogen-bond donors (Lipinski definition) is 1. The minimum Gasteiger partial charge on any atom is -0.383 e. The fourth-order valence-corrected chi connectivity index (χ4v) is 1.16. The number of benzene rings is 1. The Bertz CT molecular complexity index is 254. The number of ether oxygens (including phenoxy) is 1. The van der Waals surface area contributed by atoms with E-state index in [0.717, 1.165) is 18.8 Å². The molecule has 0 bridgehead atoms. The van der Waals surface area contributed by atoms with Crippen molar-refractivity contribution in [3.05, 3.63) is 29.8 Å². The fraction of sp³-hybridized carbons (Fsp3) is 0.500. The summed E-state index contributed by atoms with van der Waals surface area (Å²) in [6, 6.07) is 8.38. The Labute approximate surface area is 86.3 Å². The largest absolute Gasteiger partial charge is 0.383 e. The van der Waals surface area contributed by atoms with E-state index in [0.29, 0.717) is 6.10 Å². The molecule has 0 aromatic heterocycles. The van der Waals surface area contributed by atoms with Gasteiger partial charge in [0.1, 0.15) is 0 Å². The number of aryl methyl sites for hydroxylation is 1. The Balaban J connectivity index is 2.21. The van der Waals surface area contributed by atoms with Gasteiger partial charge < -0.3 is 10.1 Å². The van der Waals surface area contributed by atoms with Gasteiger partial charge in [-0.3, -0.25) is 0 Å². The summed E-state index contributed by atoms with van der Waals surface area (Å²) in [4.78, 5) is 0. The van der Waals surface area contributed by atoms with E-state index in [9.17, 15) is 0 Å². The molecule has 2 heteroatoms. The number of nitrogens with one attached hydrogen (secondary N) is 1. The van der Waals surface area contributed by atoms with Crippen LogP contribution in [0.25, 0.3) is 0 Å². The lowest BCUT2D eigenvalue weighted by Gasteiger charge is -2.09. The third kappa shape index (κ3) is 4.28. The van der Waals surface area contributed by atoms with Gasteiger partial charge in [0.25, 0.3) is 0 Å². The third-order valence-corrected chi connectivity index (χ3v) is 1.93. The minimum absolute atomic E-state index is 0.315. The molecule has 1 aromatic carbocycles. The SMILES string of the molecule is Cc1ccc(NCCOC(C)C)cc1. The predicted octanol–water partition coefficient (Wildman–Crippen LogP) is 2.83. The quantitative estimate of drug-likeness (QED) is 0.726.